The van der Waals surface area contributed by atoms with E-state index in [9.17, 15) is 9.59 Å². The number of nitrogens with one attached hydrogen (secondary N) is 2. The summed E-state index contributed by atoms with van der Waals surface area (Å²) in [7, 11) is 0. The number of aryl methyl sites for hydroxylation is 1. The molecule has 0 radical (unpaired) electrons. The van der Waals surface area contributed by atoms with Crippen molar-refractivity contribution in [2.24, 2.45) is 0 Å². The van der Waals surface area contributed by atoms with E-state index in [4.69, 9.17) is 11.6 Å². The summed E-state index contributed by atoms with van der Waals surface area (Å²) in [5, 5.41) is 4.44. The molecule has 2 aromatic carbocycles. The maximum Gasteiger partial charge on any atom is 0.243 e. The van der Waals surface area contributed by atoms with Crippen LogP contribution in [0, 0.1) is 6.92 Å². The minimum absolute atomic E-state index is 0.122. The molecule has 0 fully saturated rings. The second-order valence-corrected chi connectivity index (χ2v) is 5.35. The number of hydrogen-bond acceptors (Lipinski definition) is 2. The van der Waals surface area contributed by atoms with Crippen molar-refractivity contribution in [2.75, 3.05) is 11.9 Å². The molecule has 114 valence electrons. The lowest BCUT2D eigenvalue weighted by molar-refractivity contribution is -0.124. The summed E-state index contributed by atoms with van der Waals surface area (Å²) >= 11 is 6.08. The molecule has 2 N–H and O–H groups in total. The summed E-state index contributed by atoms with van der Waals surface area (Å²) in [6.07, 6.45) is 0. The molecular formula is C17H17ClN2O2. The van der Waals surface area contributed by atoms with Gasteiger partial charge in [0.2, 0.25) is 11.8 Å². The van der Waals surface area contributed by atoms with Gasteiger partial charge in [-0.15, -0.1) is 11.6 Å². The standard InChI is InChI=1S/C17H17ClN2O2/c1-12-6-5-9-14(10-12)20-15(21)11-19-17(22)16(18)13-7-3-2-4-8-13/h2-10,16H,11H2,1H3,(H,19,22)(H,20,21)/t16-/m0/s1. The highest BCUT2D eigenvalue weighted by atomic mass is 35.5. The molecule has 1 atom stereocenters. The molecule has 2 rings (SSSR count). The van der Waals surface area contributed by atoms with Crippen molar-refractivity contribution < 1.29 is 9.59 Å². The summed E-state index contributed by atoms with van der Waals surface area (Å²) in [5.74, 6) is -0.692. The van der Waals surface area contributed by atoms with Crippen molar-refractivity contribution in [1.29, 1.82) is 0 Å². The number of anilines is 1. The zero-order valence-electron chi connectivity index (χ0n) is 12.2. The van der Waals surface area contributed by atoms with Gasteiger partial charge in [0.25, 0.3) is 0 Å². The zero-order chi connectivity index (χ0) is 15.9. The average Bonchev–Trinajstić information content (AvgIpc) is 2.52. The van der Waals surface area contributed by atoms with Gasteiger partial charge in [0.15, 0.2) is 0 Å². The van der Waals surface area contributed by atoms with Gasteiger partial charge < -0.3 is 10.6 Å². The molecule has 0 saturated heterocycles. The van der Waals surface area contributed by atoms with E-state index in [0.29, 0.717) is 11.3 Å². The highest BCUT2D eigenvalue weighted by Crippen LogP contribution is 2.19. The number of halogens is 1. The Morgan fingerprint density at radius 3 is 2.50 bits per heavy atom. The second-order valence-electron chi connectivity index (χ2n) is 4.91. The Hall–Kier alpha value is -2.33. The van der Waals surface area contributed by atoms with E-state index in [-0.39, 0.29) is 12.5 Å². The molecule has 0 heterocycles. The average molecular weight is 317 g/mol. The summed E-state index contributed by atoms with van der Waals surface area (Å²) in [4.78, 5) is 23.7. The van der Waals surface area contributed by atoms with E-state index in [2.05, 4.69) is 10.6 Å². The summed E-state index contributed by atoms with van der Waals surface area (Å²) in [6, 6.07) is 16.4. The smallest absolute Gasteiger partial charge is 0.243 e. The van der Waals surface area contributed by atoms with Gasteiger partial charge in [-0.25, -0.2) is 0 Å². The van der Waals surface area contributed by atoms with Gasteiger partial charge in [0, 0.05) is 5.69 Å². The third-order valence-corrected chi connectivity index (χ3v) is 3.50. The van der Waals surface area contributed by atoms with Crippen LogP contribution >= 0.6 is 11.6 Å². The number of carbonyl (C=O) groups is 2. The van der Waals surface area contributed by atoms with Gasteiger partial charge in [-0.1, -0.05) is 42.5 Å². The molecule has 0 aliphatic carbocycles. The van der Waals surface area contributed by atoms with E-state index >= 15 is 0 Å². The van der Waals surface area contributed by atoms with Gasteiger partial charge in [-0.05, 0) is 30.2 Å². The summed E-state index contributed by atoms with van der Waals surface area (Å²) in [6.45, 7) is 1.82. The molecule has 0 unspecified atom stereocenters. The fraction of sp³-hybridized carbons (Fsp3) is 0.176. The number of amides is 2. The summed E-state index contributed by atoms with van der Waals surface area (Å²) in [5.41, 5.74) is 2.44. The quantitative estimate of drug-likeness (QED) is 0.833. The third kappa shape index (κ3) is 4.60. The number of alkyl halides is 1. The van der Waals surface area contributed by atoms with Crippen LogP contribution in [0.1, 0.15) is 16.5 Å². The van der Waals surface area contributed by atoms with Gasteiger partial charge in [0.1, 0.15) is 5.38 Å². The van der Waals surface area contributed by atoms with Gasteiger partial charge in [-0.2, -0.15) is 0 Å². The first kappa shape index (κ1) is 16.0. The van der Waals surface area contributed by atoms with Crippen molar-refractivity contribution in [1.82, 2.24) is 5.32 Å². The molecule has 0 aliphatic rings. The SMILES string of the molecule is Cc1cccc(NC(=O)CNC(=O)[C@@H](Cl)c2ccccc2)c1. The van der Waals surface area contributed by atoms with Crippen LogP contribution in [-0.4, -0.2) is 18.4 Å². The minimum atomic E-state index is -0.812. The molecule has 0 aromatic heterocycles. The van der Waals surface area contributed by atoms with Crippen LogP contribution < -0.4 is 10.6 Å². The molecule has 22 heavy (non-hydrogen) atoms. The van der Waals surface area contributed by atoms with Crippen LogP contribution in [0.4, 0.5) is 5.69 Å². The van der Waals surface area contributed by atoms with Crippen molar-refractivity contribution in [3.05, 3.63) is 65.7 Å². The van der Waals surface area contributed by atoms with Gasteiger partial charge in [0.05, 0.1) is 6.54 Å². The van der Waals surface area contributed by atoms with Crippen molar-refractivity contribution in [3.8, 4) is 0 Å². The largest absolute Gasteiger partial charge is 0.345 e. The fourth-order valence-corrected chi connectivity index (χ4v) is 2.18. The van der Waals surface area contributed by atoms with Crippen LogP contribution in [0.25, 0.3) is 0 Å². The van der Waals surface area contributed by atoms with E-state index < -0.39 is 11.3 Å². The molecule has 0 bridgehead atoms. The Balaban J connectivity index is 1.84. The lowest BCUT2D eigenvalue weighted by atomic mass is 10.1. The molecule has 0 aliphatic heterocycles. The highest BCUT2D eigenvalue weighted by molar-refractivity contribution is 6.30. The predicted molar refractivity (Wildman–Crippen MR) is 87.9 cm³/mol. The van der Waals surface area contributed by atoms with Gasteiger partial charge in [-0.3, -0.25) is 9.59 Å². The molecular weight excluding hydrogens is 300 g/mol. The van der Waals surface area contributed by atoms with Crippen LogP contribution in [0.3, 0.4) is 0 Å². The fourth-order valence-electron chi connectivity index (χ4n) is 1.96. The van der Waals surface area contributed by atoms with E-state index in [1.807, 2.05) is 43.3 Å². The van der Waals surface area contributed by atoms with Crippen molar-refractivity contribution in [2.45, 2.75) is 12.3 Å². The normalized spacial score (nSPS) is 11.5. The van der Waals surface area contributed by atoms with E-state index in [1.54, 1.807) is 18.2 Å². The Labute approximate surface area is 134 Å². The third-order valence-electron chi connectivity index (χ3n) is 3.05. The molecule has 4 nitrogen and oxygen atoms in total. The number of carbonyl (C=O) groups excluding carboxylic acids is 2. The topological polar surface area (TPSA) is 58.2 Å². The van der Waals surface area contributed by atoms with Crippen LogP contribution in [0.2, 0.25) is 0 Å². The molecule has 2 aromatic rings. The van der Waals surface area contributed by atoms with Crippen LogP contribution in [0.5, 0.6) is 0 Å². The molecule has 0 saturated carbocycles. The number of benzene rings is 2. The van der Waals surface area contributed by atoms with E-state index in [0.717, 1.165) is 5.56 Å². The van der Waals surface area contributed by atoms with Crippen molar-refractivity contribution >= 4 is 29.1 Å². The molecule has 2 amide bonds. The first-order chi connectivity index (χ1) is 10.6. The number of hydrogen-bond donors (Lipinski definition) is 2. The first-order valence-corrected chi connectivity index (χ1v) is 7.33. The molecule has 5 heteroatoms. The van der Waals surface area contributed by atoms with Crippen LogP contribution in [0.15, 0.2) is 54.6 Å². The Kier molecular flexibility index (Phi) is 5.55. The zero-order valence-corrected chi connectivity index (χ0v) is 12.9. The van der Waals surface area contributed by atoms with E-state index in [1.165, 1.54) is 0 Å². The number of rotatable bonds is 5. The molecule has 0 spiro atoms. The maximum atomic E-state index is 11.9. The Morgan fingerprint density at radius 1 is 1.09 bits per heavy atom. The van der Waals surface area contributed by atoms with Gasteiger partial charge >= 0.3 is 0 Å². The van der Waals surface area contributed by atoms with Crippen LogP contribution in [-0.2, 0) is 9.59 Å². The highest BCUT2D eigenvalue weighted by Gasteiger charge is 2.17. The predicted octanol–water partition coefficient (Wildman–Crippen LogP) is 3.03. The van der Waals surface area contributed by atoms with Crippen molar-refractivity contribution in [3.63, 3.8) is 0 Å². The maximum absolute atomic E-state index is 11.9. The second kappa shape index (κ2) is 7.61. The monoisotopic (exact) mass is 316 g/mol. The Bertz CT molecular complexity index is 659. The first-order valence-electron chi connectivity index (χ1n) is 6.89. The Morgan fingerprint density at radius 2 is 1.82 bits per heavy atom. The summed E-state index contributed by atoms with van der Waals surface area (Å²) < 4.78 is 0. The minimum Gasteiger partial charge on any atom is -0.345 e. The lowest BCUT2D eigenvalue weighted by Crippen LogP contribution is -2.34. The lowest BCUT2D eigenvalue weighted by Gasteiger charge is -2.11.